The molecule has 0 bridgehead atoms. The molecule has 0 unspecified atom stereocenters. The minimum absolute atomic E-state index is 0.267. The molecule has 9 heavy (non-hydrogen) atoms. The molecule has 1 nitrogen and oxygen atoms in total. The maximum absolute atomic E-state index is 10.9. The fraction of sp³-hybridized carbons (Fsp3) is 0.625. The number of hydrogen-bond acceptors (Lipinski definition) is 1. The van der Waals surface area contributed by atoms with Gasteiger partial charge in [0.2, 0.25) is 0 Å². The fourth-order valence-corrected chi connectivity index (χ4v) is 1.05. The van der Waals surface area contributed by atoms with Crippen molar-refractivity contribution >= 4 is 5.78 Å². The predicted octanol–water partition coefficient (Wildman–Crippen LogP) is 1.93. The van der Waals surface area contributed by atoms with Crippen LogP contribution in [0.3, 0.4) is 0 Å². The third kappa shape index (κ3) is 1.67. The van der Waals surface area contributed by atoms with E-state index in [2.05, 4.69) is 0 Å². The average Bonchev–Trinajstić information content (AvgIpc) is 1.99. The van der Waals surface area contributed by atoms with Crippen LogP contribution in [-0.4, -0.2) is 5.78 Å². The van der Waals surface area contributed by atoms with E-state index in [0.29, 0.717) is 5.78 Å². The van der Waals surface area contributed by atoms with E-state index < -0.39 is 0 Å². The first-order valence-corrected chi connectivity index (χ1v) is 3.51. The Hall–Kier alpha value is -0.590. The van der Waals surface area contributed by atoms with Crippen LogP contribution < -0.4 is 0 Å². The summed E-state index contributed by atoms with van der Waals surface area (Å²) in [5.41, 5.74) is 0. The lowest BCUT2D eigenvalue weighted by atomic mass is 10.0. The van der Waals surface area contributed by atoms with Crippen LogP contribution >= 0.6 is 0 Å². The van der Waals surface area contributed by atoms with Crippen LogP contribution in [0.5, 0.6) is 0 Å². The lowest BCUT2D eigenvalue weighted by Gasteiger charge is -2.01. The molecule has 0 aromatic rings. The van der Waals surface area contributed by atoms with Gasteiger partial charge in [0, 0.05) is 5.92 Å². The zero-order chi connectivity index (χ0) is 6.69. The zero-order valence-corrected chi connectivity index (χ0v) is 5.76. The third-order valence-electron chi connectivity index (χ3n) is 1.78. The molecule has 0 aromatic heterocycles. The van der Waals surface area contributed by atoms with Crippen molar-refractivity contribution in [3.8, 4) is 0 Å². The van der Waals surface area contributed by atoms with Crippen molar-refractivity contribution in [3.05, 3.63) is 12.2 Å². The number of rotatable bonds is 0. The number of hydrogen-bond donors (Lipinski definition) is 0. The molecule has 0 spiro atoms. The first-order valence-electron chi connectivity index (χ1n) is 3.51. The molecule has 0 heterocycles. The molecule has 0 saturated carbocycles. The highest BCUT2D eigenvalue weighted by molar-refractivity contribution is 5.91. The fourth-order valence-electron chi connectivity index (χ4n) is 1.05. The molecule has 1 atom stereocenters. The molecular formula is C8H12O. The SMILES string of the molecule is C[C@H]1CCCC=CC1=O. The quantitative estimate of drug-likeness (QED) is 0.482. The van der Waals surface area contributed by atoms with Gasteiger partial charge in [0.25, 0.3) is 0 Å². The summed E-state index contributed by atoms with van der Waals surface area (Å²) in [7, 11) is 0. The van der Waals surface area contributed by atoms with Crippen LogP contribution in [0.4, 0.5) is 0 Å². The molecule has 0 N–H and O–H groups in total. The van der Waals surface area contributed by atoms with E-state index in [9.17, 15) is 4.79 Å². The first-order chi connectivity index (χ1) is 4.30. The summed E-state index contributed by atoms with van der Waals surface area (Å²) in [6.45, 7) is 2.00. The molecule has 1 heteroatoms. The molecular weight excluding hydrogens is 112 g/mol. The normalized spacial score (nSPS) is 28.1. The highest BCUT2D eigenvalue weighted by Gasteiger charge is 2.10. The largest absolute Gasteiger partial charge is 0.295 e. The van der Waals surface area contributed by atoms with Gasteiger partial charge >= 0.3 is 0 Å². The smallest absolute Gasteiger partial charge is 0.158 e. The van der Waals surface area contributed by atoms with Crippen LogP contribution in [0.15, 0.2) is 12.2 Å². The van der Waals surface area contributed by atoms with Gasteiger partial charge in [-0.1, -0.05) is 13.0 Å². The topological polar surface area (TPSA) is 17.1 Å². The summed E-state index contributed by atoms with van der Waals surface area (Å²) in [5, 5.41) is 0. The van der Waals surface area contributed by atoms with Crippen LogP contribution in [0, 0.1) is 5.92 Å². The van der Waals surface area contributed by atoms with Crippen molar-refractivity contribution in [2.75, 3.05) is 0 Å². The van der Waals surface area contributed by atoms with Crippen LogP contribution in [0.2, 0.25) is 0 Å². The van der Waals surface area contributed by atoms with Gasteiger partial charge in [-0.2, -0.15) is 0 Å². The predicted molar refractivity (Wildman–Crippen MR) is 37.2 cm³/mol. The van der Waals surface area contributed by atoms with Gasteiger partial charge in [0.15, 0.2) is 5.78 Å². The monoisotopic (exact) mass is 124 g/mol. The van der Waals surface area contributed by atoms with E-state index in [4.69, 9.17) is 0 Å². The first kappa shape index (κ1) is 6.53. The Morgan fingerprint density at radius 2 is 2.44 bits per heavy atom. The van der Waals surface area contributed by atoms with E-state index in [1.807, 2.05) is 13.0 Å². The minimum atomic E-state index is 0.267. The van der Waals surface area contributed by atoms with Gasteiger partial charge in [-0.15, -0.1) is 0 Å². The Labute approximate surface area is 55.8 Å². The molecule has 0 aromatic carbocycles. The molecule has 0 fully saturated rings. The Kier molecular flexibility index (Phi) is 2.04. The highest BCUT2D eigenvalue weighted by Crippen LogP contribution is 2.13. The minimum Gasteiger partial charge on any atom is -0.295 e. The van der Waals surface area contributed by atoms with Crippen molar-refractivity contribution in [1.29, 1.82) is 0 Å². The van der Waals surface area contributed by atoms with Gasteiger partial charge < -0.3 is 0 Å². The summed E-state index contributed by atoms with van der Waals surface area (Å²) < 4.78 is 0. The standard InChI is InChI=1S/C8H12O/c1-7-5-3-2-4-6-8(7)9/h4,6-7H,2-3,5H2,1H3/t7-/m0/s1. The van der Waals surface area contributed by atoms with E-state index in [-0.39, 0.29) is 5.92 Å². The molecule has 0 amide bonds. The van der Waals surface area contributed by atoms with Crippen LogP contribution in [-0.2, 0) is 4.79 Å². The second kappa shape index (κ2) is 2.81. The van der Waals surface area contributed by atoms with Crippen LogP contribution in [0.25, 0.3) is 0 Å². The summed E-state index contributed by atoms with van der Waals surface area (Å²) in [5.74, 6) is 0.566. The second-order valence-corrected chi connectivity index (χ2v) is 2.64. The van der Waals surface area contributed by atoms with Gasteiger partial charge in [-0.3, -0.25) is 4.79 Å². The summed E-state index contributed by atoms with van der Waals surface area (Å²) in [4.78, 5) is 10.9. The van der Waals surface area contributed by atoms with Gasteiger partial charge in [-0.05, 0) is 25.3 Å². The maximum Gasteiger partial charge on any atom is 0.158 e. The molecule has 1 aliphatic carbocycles. The molecule has 1 aliphatic rings. The Morgan fingerprint density at radius 1 is 1.67 bits per heavy atom. The van der Waals surface area contributed by atoms with E-state index >= 15 is 0 Å². The Balaban J connectivity index is 2.57. The number of ketones is 1. The maximum atomic E-state index is 10.9. The van der Waals surface area contributed by atoms with E-state index in [0.717, 1.165) is 12.8 Å². The summed E-state index contributed by atoms with van der Waals surface area (Å²) in [6, 6.07) is 0. The van der Waals surface area contributed by atoms with Crippen LogP contribution in [0.1, 0.15) is 26.2 Å². The van der Waals surface area contributed by atoms with Gasteiger partial charge in [-0.25, -0.2) is 0 Å². The molecule has 0 radical (unpaired) electrons. The van der Waals surface area contributed by atoms with Crippen molar-refractivity contribution in [2.45, 2.75) is 26.2 Å². The number of carbonyl (C=O) groups excluding carboxylic acids is 1. The summed E-state index contributed by atoms with van der Waals surface area (Å²) in [6.07, 6.45) is 7.01. The zero-order valence-electron chi connectivity index (χ0n) is 5.76. The second-order valence-electron chi connectivity index (χ2n) is 2.64. The molecule has 0 saturated heterocycles. The van der Waals surface area contributed by atoms with Gasteiger partial charge in [0.05, 0.1) is 0 Å². The number of allylic oxidation sites excluding steroid dienone is 2. The van der Waals surface area contributed by atoms with E-state index in [1.165, 1.54) is 6.42 Å². The number of carbonyl (C=O) groups is 1. The van der Waals surface area contributed by atoms with Crippen molar-refractivity contribution in [3.63, 3.8) is 0 Å². The van der Waals surface area contributed by atoms with Crippen molar-refractivity contribution < 1.29 is 4.79 Å². The lowest BCUT2D eigenvalue weighted by molar-refractivity contribution is -0.117. The van der Waals surface area contributed by atoms with E-state index in [1.54, 1.807) is 6.08 Å². The molecule has 0 aliphatic heterocycles. The summed E-state index contributed by atoms with van der Waals surface area (Å²) >= 11 is 0. The van der Waals surface area contributed by atoms with Gasteiger partial charge in [0.1, 0.15) is 0 Å². The Morgan fingerprint density at radius 3 is 3.22 bits per heavy atom. The molecule has 1 rings (SSSR count). The third-order valence-corrected chi connectivity index (χ3v) is 1.78. The average molecular weight is 124 g/mol. The molecule has 50 valence electrons. The Bertz CT molecular complexity index is 136. The van der Waals surface area contributed by atoms with Crippen molar-refractivity contribution in [2.24, 2.45) is 5.92 Å². The van der Waals surface area contributed by atoms with Crippen molar-refractivity contribution in [1.82, 2.24) is 0 Å². The highest BCUT2D eigenvalue weighted by atomic mass is 16.1. The lowest BCUT2D eigenvalue weighted by Crippen LogP contribution is -2.04.